The second kappa shape index (κ2) is 7.66. The fraction of sp³-hybridized carbons (Fsp3) is 0.647. The molecule has 0 spiro atoms. The largest absolute Gasteiger partial charge is 0.328 e. The third kappa shape index (κ3) is 4.63. The van der Waals surface area contributed by atoms with Crippen LogP contribution in [0.4, 0.5) is 0 Å². The van der Waals surface area contributed by atoms with E-state index in [-0.39, 0.29) is 0 Å². The summed E-state index contributed by atoms with van der Waals surface area (Å²) in [4.78, 5) is 2.66. The third-order valence-electron chi connectivity index (χ3n) is 4.42. The van der Waals surface area contributed by atoms with Crippen molar-refractivity contribution in [2.75, 3.05) is 13.1 Å². The van der Waals surface area contributed by atoms with Crippen LogP contribution in [0.1, 0.15) is 44.6 Å². The molecule has 2 rings (SSSR count). The highest BCUT2D eigenvalue weighted by atomic mass is 15.1. The van der Waals surface area contributed by atoms with Gasteiger partial charge in [0.1, 0.15) is 0 Å². The van der Waals surface area contributed by atoms with E-state index in [9.17, 15) is 0 Å². The van der Waals surface area contributed by atoms with Gasteiger partial charge in [-0.3, -0.25) is 0 Å². The van der Waals surface area contributed by atoms with Gasteiger partial charge in [0.25, 0.3) is 0 Å². The SMILES string of the molecule is CCN(CCCc1ccccc1)C1CCC(N)CC1. The molecule has 0 amide bonds. The molecule has 2 nitrogen and oxygen atoms in total. The molecular formula is C17H28N2. The van der Waals surface area contributed by atoms with Crippen LogP contribution in [0.5, 0.6) is 0 Å². The first kappa shape index (κ1) is 14.5. The zero-order valence-electron chi connectivity index (χ0n) is 12.2. The predicted octanol–water partition coefficient (Wildman–Crippen LogP) is 3.21. The lowest BCUT2D eigenvalue weighted by atomic mass is 9.90. The van der Waals surface area contributed by atoms with Gasteiger partial charge in [-0.2, -0.15) is 0 Å². The molecule has 19 heavy (non-hydrogen) atoms. The summed E-state index contributed by atoms with van der Waals surface area (Å²) in [6, 6.07) is 12.1. The lowest BCUT2D eigenvalue weighted by Crippen LogP contribution is -2.41. The summed E-state index contributed by atoms with van der Waals surface area (Å²) >= 11 is 0. The smallest absolute Gasteiger partial charge is 0.00962 e. The van der Waals surface area contributed by atoms with Crippen LogP contribution in [0.15, 0.2) is 30.3 Å². The van der Waals surface area contributed by atoms with E-state index in [1.54, 1.807) is 0 Å². The number of aryl methyl sites for hydroxylation is 1. The molecule has 1 aromatic carbocycles. The summed E-state index contributed by atoms with van der Waals surface area (Å²) in [7, 11) is 0. The minimum absolute atomic E-state index is 0.458. The molecule has 0 aromatic heterocycles. The molecule has 0 bridgehead atoms. The van der Waals surface area contributed by atoms with Crippen molar-refractivity contribution < 1.29 is 0 Å². The first-order valence-corrected chi connectivity index (χ1v) is 7.83. The average Bonchev–Trinajstić information content (AvgIpc) is 2.46. The number of benzene rings is 1. The molecule has 0 aliphatic heterocycles. The summed E-state index contributed by atoms with van der Waals surface area (Å²) in [5, 5.41) is 0. The summed E-state index contributed by atoms with van der Waals surface area (Å²) in [5.41, 5.74) is 7.46. The second-order valence-electron chi connectivity index (χ2n) is 5.79. The van der Waals surface area contributed by atoms with Crippen molar-refractivity contribution in [3.63, 3.8) is 0 Å². The zero-order chi connectivity index (χ0) is 13.5. The van der Waals surface area contributed by atoms with Gasteiger partial charge in [-0.25, -0.2) is 0 Å². The van der Waals surface area contributed by atoms with Gasteiger partial charge in [-0.15, -0.1) is 0 Å². The highest BCUT2D eigenvalue weighted by Gasteiger charge is 2.22. The van der Waals surface area contributed by atoms with Gasteiger partial charge in [0.05, 0.1) is 0 Å². The molecule has 1 fully saturated rings. The molecule has 2 heteroatoms. The van der Waals surface area contributed by atoms with E-state index in [1.165, 1.54) is 57.2 Å². The average molecular weight is 260 g/mol. The van der Waals surface area contributed by atoms with Crippen molar-refractivity contribution in [1.82, 2.24) is 4.90 Å². The van der Waals surface area contributed by atoms with Crippen LogP contribution in [0.25, 0.3) is 0 Å². The maximum Gasteiger partial charge on any atom is 0.00962 e. The van der Waals surface area contributed by atoms with E-state index in [2.05, 4.69) is 42.2 Å². The van der Waals surface area contributed by atoms with Crippen molar-refractivity contribution in [1.29, 1.82) is 0 Å². The Morgan fingerprint density at radius 1 is 1.11 bits per heavy atom. The van der Waals surface area contributed by atoms with E-state index in [0.29, 0.717) is 6.04 Å². The molecule has 1 aliphatic rings. The van der Waals surface area contributed by atoms with Crippen molar-refractivity contribution >= 4 is 0 Å². The topological polar surface area (TPSA) is 29.3 Å². The maximum atomic E-state index is 6.00. The van der Waals surface area contributed by atoms with Gasteiger partial charge in [0.15, 0.2) is 0 Å². The molecule has 1 saturated carbocycles. The van der Waals surface area contributed by atoms with Crippen LogP contribution in [0.3, 0.4) is 0 Å². The molecule has 1 aromatic rings. The van der Waals surface area contributed by atoms with Crippen molar-refractivity contribution in [2.45, 2.75) is 57.5 Å². The monoisotopic (exact) mass is 260 g/mol. The van der Waals surface area contributed by atoms with Gasteiger partial charge >= 0.3 is 0 Å². The van der Waals surface area contributed by atoms with Crippen molar-refractivity contribution in [2.24, 2.45) is 5.73 Å². The van der Waals surface area contributed by atoms with E-state index in [0.717, 1.165) is 6.04 Å². The standard InChI is InChI=1S/C17H28N2/c1-2-19(17-12-10-16(18)11-13-17)14-6-9-15-7-4-3-5-8-15/h3-5,7-8,16-17H,2,6,9-14,18H2,1H3. The number of rotatable bonds is 6. The fourth-order valence-electron chi connectivity index (χ4n) is 3.20. The van der Waals surface area contributed by atoms with Crippen molar-refractivity contribution in [3.05, 3.63) is 35.9 Å². The molecule has 0 heterocycles. The van der Waals surface area contributed by atoms with E-state index in [1.807, 2.05) is 0 Å². The quantitative estimate of drug-likeness (QED) is 0.851. The van der Waals surface area contributed by atoms with Crippen LogP contribution < -0.4 is 5.73 Å². The Morgan fingerprint density at radius 3 is 2.42 bits per heavy atom. The second-order valence-corrected chi connectivity index (χ2v) is 5.79. The molecule has 1 aliphatic carbocycles. The Bertz CT molecular complexity index is 342. The Labute approximate surface area is 118 Å². The number of nitrogens with zero attached hydrogens (tertiary/aromatic N) is 1. The van der Waals surface area contributed by atoms with Crippen LogP contribution in [-0.4, -0.2) is 30.1 Å². The van der Waals surface area contributed by atoms with E-state index in [4.69, 9.17) is 5.73 Å². The summed E-state index contributed by atoms with van der Waals surface area (Å²) in [6.07, 6.45) is 7.46. The van der Waals surface area contributed by atoms with Crippen LogP contribution in [-0.2, 0) is 6.42 Å². The molecular weight excluding hydrogens is 232 g/mol. The molecule has 0 saturated heterocycles. The lowest BCUT2D eigenvalue weighted by Gasteiger charge is -2.35. The van der Waals surface area contributed by atoms with E-state index < -0.39 is 0 Å². The van der Waals surface area contributed by atoms with Crippen LogP contribution in [0, 0.1) is 0 Å². The Balaban J connectivity index is 1.73. The van der Waals surface area contributed by atoms with Gasteiger partial charge in [0, 0.05) is 12.1 Å². The number of hydrogen-bond donors (Lipinski definition) is 1. The fourth-order valence-corrected chi connectivity index (χ4v) is 3.20. The summed E-state index contributed by atoms with van der Waals surface area (Å²) in [5.74, 6) is 0. The molecule has 106 valence electrons. The van der Waals surface area contributed by atoms with Crippen LogP contribution >= 0.6 is 0 Å². The lowest BCUT2D eigenvalue weighted by molar-refractivity contribution is 0.155. The van der Waals surface area contributed by atoms with Gasteiger partial charge in [-0.05, 0) is 57.2 Å². The van der Waals surface area contributed by atoms with E-state index >= 15 is 0 Å². The summed E-state index contributed by atoms with van der Waals surface area (Å²) in [6.45, 7) is 4.69. The molecule has 0 unspecified atom stereocenters. The first-order valence-electron chi connectivity index (χ1n) is 7.83. The number of nitrogens with two attached hydrogens (primary N) is 1. The number of hydrogen-bond acceptors (Lipinski definition) is 2. The Morgan fingerprint density at radius 2 is 1.79 bits per heavy atom. The Hall–Kier alpha value is -0.860. The highest BCUT2D eigenvalue weighted by Crippen LogP contribution is 2.22. The molecule has 2 N–H and O–H groups in total. The summed E-state index contributed by atoms with van der Waals surface area (Å²) < 4.78 is 0. The van der Waals surface area contributed by atoms with Gasteiger partial charge < -0.3 is 10.6 Å². The van der Waals surface area contributed by atoms with Gasteiger partial charge in [-0.1, -0.05) is 37.3 Å². The molecule has 0 atom stereocenters. The third-order valence-corrected chi connectivity index (χ3v) is 4.42. The maximum absolute atomic E-state index is 6.00. The van der Waals surface area contributed by atoms with Gasteiger partial charge in [0.2, 0.25) is 0 Å². The predicted molar refractivity (Wildman–Crippen MR) is 82.2 cm³/mol. The Kier molecular flexibility index (Phi) is 5.87. The normalized spacial score (nSPS) is 23.7. The molecule has 0 radical (unpaired) electrons. The minimum atomic E-state index is 0.458. The zero-order valence-corrected chi connectivity index (χ0v) is 12.2. The van der Waals surface area contributed by atoms with Crippen LogP contribution in [0.2, 0.25) is 0 Å². The minimum Gasteiger partial charge on any atom is -0.328 e. The highest BCUT2D eigenvalue weighted by molar-refractivity contribution is 5.14. The first-order chi connectivity index (χ1) is 9.29. The van der Waals surface area contributed by atoms with Crippen molar-refractivity contribution in [3.8, 4) is 0 Å².